The number of hydrogen-bond donors (Lipinski definition) is 1. The van der Waals surface area contributed by atoms with Crippen molar-refractivity contribution in [2.45, 2.75) is 19.3 Å². The van der Waals surface area contributed by atoms with Crippen LogP contribution < -0.4 is 10.2 Å². The highest BCUT2D eigenvalue weighted by atomic mass is 16.2. The number of imide groups is 1. The molecule has 7 heteroatoms. The lowest BCUT2D eigenvalue weighted by Gasteiger charge is -2.23. The molecule has 34 heavy (non-hydrogen) atoms. The molecule has 0 radical (unpaired) electrons. The van der Waals surface area contributed by atoms with E-state index in [2.05, 4.69) is 11.4 Å². The third-order valence-corrected chi connectivity index (χ3v) is 6.20. The van der Waals surface area contributed by atoms with Gasteiger partial charge in [-0.05, 0) is 67.3 Å². The first-order valence-electron chi connectivity index (χ1n) is 11.3. The largest absolute Gasteiger partial charge is 0.325 e. The van der Waals surface area contributed by atoms with Crippen LogP contribution in [0.3, 0.4) is 0 Å². The van der Waals surface area contributed by atoms with Crippen LogP contribution in [0, 0.1) is 0 Å². The number of anilines is 2. The zero-order valence-electron chi connectivity index (χ0n) is 18.5. The number of amides is 4. The lowest BCUT2D eigenvalue weighted by atomic mass is 10.1. The van der Waals surface area contributed by atoms with Crippen molar-refractivity contribution in [2.75, 3.05) is 23.3 Å². The van der Waals surface area contributed by atoms with Crippen LogP contribution in [0.15, 0.2) is 72.8 Å². The third-order valence-electron chi connectivity index (χ3n) is 6.20. The number of nitrogens with zero attached hydrogens (tertiary/aromatic N) is 2. The van der Waals surface area contributed by atoms with E-state index in [1.165, 1.54) is 5.56 Å². The van der Waals surface area contributed by atoms with Gasteiger partial charge in [0.25, 0.3) is 17.7 Å². The van der Waals surface area contributed by atoms with Crippen molar-refractivity contribution in [3.05, 3.63) is 95.1 Å². The number of nitrogens with one attached hydrogen (secondary N) is 1. The summed E-state index contributed by atoms with van der Waals surface area (Å²) < 4.78 is 0. The second-order valence-electron chi connectivity index (χ2n) is 8.41. The van der Waals surface area contributed by atoms with Crippen molar-refractivity contribution in [1.29, 1.82) is 0 Å². The Morgan fingerprint density at radius 2 is 1.44 bits per heavy atom. The van der Waals surface area contributed by atoms with E-state index in [4.69, 9.17) is 0 Å². The number of carbonyl (C=O) groups is 4. The number of para-hydroxylation sites is 1. The number of hydrogen-bond acceptors (Lipinski definition) is 4. The van der Waals surface area contributed by atoms with Crippen molar-refractivity contribution >= 4 is 35.0 Å². The van der Waals surface area contributed by atoms with Crippen molar-refractivity contribution < 1.29 is 19.2 Å². The first-order chi connectivity index (χ1) is 16.5. The molecular weight excluding hydrogens is 430 g/mol. The van der Waals surface area contributed by atoms with Crippen molar-refractivity contribution in [2.24, 2.45) is 0 Å². The third kappa shape index (κ3) is 3.96. The SMILES string of the molecule is O=C(CN1C(=O)c2ccccc2C1=O)Nc1ccc(C(=O)N2CCCCc3ccccc32)cc1. The molecular formula is C27H23N3O4. The Morgan fingerprint density at radius 3 is 2.15 bits per heavy atom. The molecule has 170 valence electrons. The molecule has 1 N–H and O–H groups in total. The van der Waals surface area contributed by atoms with Gasteiger partial charge in [-0.25, -0.2) is 0 Å². The quantitative estimate of drug-likeness (QED) is 0.607. The van der Waals surface area contributed by atoms with Crippen LogP contribution in [0.1, 0.15) is 49.5 Å². The van der Waals surface area contributed by atoms with Gasteiger partial charge < -0.3 is 10.2 Å². The van der Waals surface area contributed by atoms with Gasteiger partial charge in [-0.2, -0.15) is 0 Å². The molecule has 0 saturated heterocycles. The summed E-state index contributed by atoms with van der Waals surface area (Å²) in [5.41, 5.74) is 3.73. The van der Waals surface area contributed by atoms with E-state index in [1.807, 2.05) is 23.1 Å². The van der Waals surface area contributed by atoms with Gasteiger partial charge >= 0.3 is 0 Å². The fourth-order valence-electron chi connectivity index (χ4n) is 4.48. The summed E-state index contributed by atoms with van der Waals surface area (Å²) >= 11 is 0. The molecule has 0 bridgehead atoms. The van der Waals surface area contributed by atoms with Crippen LogP contribution in [0.2, 0.25) is 0 Å². The van der Waals surface area contributed by atoms with Gasteiger partial charge in [0.2, 0.25) is 5.91 Å². The van der Waals surface area contributed by atoms with Crippen LogP contribution in [0.4, 0.5) is 11.4 Å². The summed E-state index contributed by atoms with van der Waals surface area (Å²) in [6, 6.07) is 21.1. The maximum atomic E-state index is 13.2. The maximum absolute atomic E-state index is 13.2. The summed E-state index contributed by atoms with van der Waals surface area (Å²) in [4.78, 5) is 53.4. The number of aryl methyl sites for hydroxylation is 1. The second-order valence-corrected chi connectivity index (χ2v) is 8.41. The van der Waals surface area contributed by atoms with Crippen molar-refractivity contribution in [3.63, 3.8) is 0 Å². The molecule has 3 aromatic rings. The molecule has 0 saturated carbocycles. The van der Waals surface area contributed by atoms with Crippen LogP contribution >= 0.6 is 0 Å². The Balaban J connectivity index is 1.25. The van der Waals surface area contributed by atoms with E-state index in [0.717, 1.165) is 29.8 Å². The number of carbonyl (C=O) groups excluding carboxylic acids is 4. The smallest absolute Gasteiger partial charge is 0.262 e. The predicted octanol–water partition coefficient (Wildman–Crippen LogP) is 3.90. The molecule has 0 aliphatic carbocycles. The normalized spacial score (nSPS) is 14.9. The molecule has 2 aliphatic rings. The van der Waals surface area contributed by atoms with E-state index in [9.17, 15) is 19.2 Å². The highest BCUT2D eigenvalue weighted by Gasteiger charge is 2.36. The van der Waals surface area contributed by atoms with Gasteiger partial charge in [0.05, 0.1) is 11.1 Å². The fraction of sp³-hybridized carbons (Fsp3) is 0.185. The first-order valence-corrected chi connectivity index (χ1v) is 11.3. The molecule has 4 amide bonds. The van der Waals surface area contributed by atoms with Crippen LogP contribution in [0.25, 0.3) is 0 Å². The molecule has 5 rings (SSSR count). The molecule has 0 fully saturated rings. The number of benzene rings is 3. The highest BCUT2D eigenvalue weighted by molar-refractivity contribution is 6.22. The lowest BCUT2D eigenvalue weighted by molar-refractivity contribution is -0.116. The number of rotatable bonds is 4. The van der Waals surface area contributed by atoms with E-state index >= 15 is 0 Å². The van der Waals surface area contributed by atoms with E-state index in [1.54, 1.807) is 48.5 Å². The number of fused-ring (bicyclic) bond motifs is 2. The molecule has 0 atom stereocenters. The molecule has 3 aromatic carbocycles. The van der Waals surface area contributed by atoms with Gasteiger partial charge in [-0.15, -0.1) is 0 Å². The van der Waals surface area contributed by atoms with Crippen LogP contribution in [-0.4, -0.2) is 41.6 Å². The summed E-state index contributed by atoms with van der Waals surface area (Å²) in [6.07, 6.45) is 2.93. The van der Waals surface area contributed by atoms with Crippen LogP contribution in [0.5, 0.6) is 0 Å². The van der Waals surface area contributed by atoms with Gasteiger partial charge in [0, 0.05) is 23.5 Å². The average molecular weight is 453 g/mol. The topological polar surface area (TPSA) is 86.8 Å². The van der Waals surface area contributed by atoms with Crippen LogP contribution in [-0.2, 0) is 11.2 Å². The summed E-state index contributed by atoms with van der Waals surface area (Å²) in [7, 11) is 0. The summed E-state index contributed by atoms with van der Waals surface area (Å²) in [5.74, 6) is -1.53. The minimum absolute atomic E-state index is 0.0850. The van der Waals surface area contributed by atoms with Gasteiger partial charge in [0.15, 0.2) is 0 Å². The minimum Gasteiger partial charge on any atom is -0.325 e. The van der Waals surface area contributed by atoms with Crippen molar-refractivity contribution in [1.82, 2.24) is 4.90 Å². The van der Waals surface area contributed by atoms with E-state index < -0.39 is 17.7 Å². The Labute approximate surface area is 197 Å². The highest BCUT2D eigenvalue weighted by Crippen LogP contribution is 2.28. The predicted molar refractivity (Wildman–Crippen MR) is 128 cm³/mol. The zero-order valence-corrected chi connectivity index (χ0v) is 18.5. The second kappa shape index (κ2) is 8.94. The van der Waals surface area contributed by atoms with Gasteiger partial charge in [0.1, 0.15) is 6.54 Å². The maximum Gasteiger partial charge on any atom is 0.262 e. The standard InChI is InChI=1S/C27H23N3O4/c31-24(17-30-26(33)21-9-2-3-10-22(21)27(30)34)28-20-14-12-19(13-15-20)25(32)29-16-6-5-8-18-7-1-4-11-23(18)29/h1-4,7,9-15H,5-6,8,16-17H2,(H,28,31). The molecule has 7 nitrogen and oxygen atoms in total. The van der Waals surface area contributed by atoms with E-state index in [0.29, 0.717) is 28.9 Å². The Hall–Kier alpha value is -4.26. The Morgan fingerprint density at radius 1 is 0.794 bits per heavy atom. The molecule has 2 heterocycles. The molecule has 2 aliphatic heterocycles. The Kier molecular flexibility index (Phi) is 5.67. The molecule has 0 aromatic heterocycles. The lowest BCUT2D eigenvalue weighted by Crippen LogP contribution is -2.37. The summed E-state index contributed by atoms with van der Waals surface area (Å²) in [6.45, 7) is 0.284. The Bertz CT molecular complexity index is 1260. The average Bonchev–Trinajstić information content (AvgIpc) is 3.00. The van der Waals surface area contributed by atoms with Crippen molar-refractivity contribution in [3.8, 4) is 0 Å². The zero-order chi connectivity index (χ0) is 23.7. The minimum atomic E-state index is -0.491. The van der Waals surface area contributed by atoms with Gasteiger partial charge in [-0.1, -0.05) is 30.3 Å². The summed E-state index contributed by atoms with van der Waals surface area (Å²) in [5, 5.41) is 2.70. The monoisotopic (exact) mass is 453 g/mol. The molecule has 0 unspecified atom stereocenters. The fourth-order valence-corrected chi connectivity index (χ4v) is 4.48. The molecule has 0 spiro atoms. The first kappa shape index (κ1) is 21.6. The van der Waals surface area contributed by atoms with E-state index in [-0.39, 0.29) is 12.5 Å². The van der Waals surface area contributed by atoms with Gasteiger partial charge in [-0.3, -0.25) is 24.1 Å².